The van der Waals surface area contributed by atoms with Gasteiger partial charge in [-0.15, -0.1) is 0 Å². The SMILES string of the molecule is CC(=O)Nc1ccc2c(c1)[nH]c1ccc(-c3cccc(C(=O)O)c3)cc12. The highest BCUT2D eigenvalue weighted by Gasteiger charge is 2.09. The number of fused-ring (bicyclic) bond motifs is 3. The fraction of sp³-hybridized carbons (Fsp3) is 0.0476. The Bertz CT molecular complexity index is 1170. The molecule has 0 spiro atoms. The quantitative estimate of drug-likeness (QED) is 0.506. The maximum Gasteiger partial charge on any atom is 0.335 e. The molecule has 0 aliphatic rings. The van der Waals surface area contributed by atoms with Gasteiger partial charge in [0.15, 0.2) is 0 Å². The first-order valence-electron chi connectivity index (χ1n) is 8.18. The number of aromatic nitrogens is 1. The molecule has 4 aromatic rings. The van der Waals surface area contributed by atoms with Crippen LogP contribution >= 0.6 is 0 Å². The van der Waals surface area contributed by atoms with Gasteiger partial charge >= 0.3 is 5.97 Å². The monoisotopic (exact) mass is 344 g/mol. The van der Waals surface area contributed by atoms with Crippen LogP contribution in [0.25, 0.3) is 32.9 Å². The first-order chi connectivity index (χ1) is 12.5. The molecule has 0 unspecified atom stereocenters. The summed E-state index contributed by atoms with van der Waals surface area (Å²) in [7, 11) is 0. The van der Waals surface area contributed by atoms with E-state index in [0.717, 1.165) is 38.6 Å². The van der Waals surface area contributed by atoms with Gasteiger partial charge in [0.05, 0.1) is 5.56 Å². The maximum atomic E-state index is 11.2. The average molecular weight is 344 g/mol. The molecule has 0 atom stereocenters. The second-order valence-corrected chi connectivity index (χ2v) is 6.21. The maximum absolute atomic E-state index is 11.2. The van der Waals surface area contributed by atoms with Crippen LogP contribution in [0, 0.1) is 0 Å². The first kappa shape index (κ1) is 15.9. The second-order valence-electron chi connectivity index (χ2n) is 6.21. The lowest BCUT2D eigenvalue weighted by molar-refractivity contribution is -0.114. The van der Waals surface area contributed by atoms with E-state index in [1.165, 1.54) is 6.92 Å². The Kier molecular flexibility index (Phi) is 3.69. The molecular formula is C21H16N2O3. The van der Waals surface area contributed by atoms with E-state index in [2.05, 4.69) is 10.3 Å². The summed E-state index contributed by atoms with van der Waals surface area (Å²) in [5.41, 5.74) is 4.73. The summed E-state index contributed by atoms with van der Waals surface area (Å²) in [6.45, 7) is 1.48. The number of nitrogens with one attached hydrogen (secondary N) is 2. The van der Waals surface area contributed by atoms with Gasteiger partial charge in [-0.25, -0.2) is 4.79 Å². The van der Waals surface area contributed by atoms with Gasteiger partial charge < -0.3 is 15.4 Å². The van der Waals surface area contributed by atoms with Crippen LogP contribution in [0.1, 0.15) is 17.3 Å². The standard InChI is InChI=1S/C21H16N2O3/c1-12(24)22-16-6-7-17-18-10-14(5-8-19(18)23-20(17)11-16)13-3-2-4-15(9-13)21(25)26/h2-11,23H,1H3,(H,22,24)(H,25,26). The topological polar surface area (TPSA) is 82.2 Å². The lowest BCUT2D eigenvalue weighted by atomic mass is 10.0. The molecule has 0 fully saturated rings. The summed E-state index contributed by atoms with van der Waals surface area (Å²) in [5.74, 6) is -1.05. The third kappa shape index (κ3) is 2.80. The molecule has 3 aromatic carbocycles. The lowest BCUT2D eigenvalue weighted by Gasteiger charge is -2.04. The van der Waals surface area contributed by atoms with Crippen molar-refractivity contribution in [1.82, 2.24) is 4.98 Å². The van der Waals surface area contributed by atoms with Crippen molar-refractivity contribution in [2.45, 2.75) is 6.92 Å². The lowest BCUT2D eigenvalue weighted by Crippen LogP contribution is -2.05. The molecular weight excluding hydrogens is 328 g/mol. The number of anilines is 1. The number of aromatic carboxylic acids is 1. The van der Waals surface area contributed by atoms with Crippen LogP contribution in [0.5, 0.6) is 0 Å². The summed E-state index contributed by atoms with van der Waals surface area (Å²) < 4.78 is 0. The number of carbonyl (C=O) groups is 2. The number of hydrogen-bond donors (Lipinski definition) is 3. The molecule has 0 aliphatic heterocycles. The summed E-state index contributed by atoms with van der Waals surface area (Å²) >= 11 is 0. The molecule has 26 heavy (non-hydrogen) atoms. The van der Waals surface area contributed by atoms with Gasteiger partial charge in [-0.3, -0.25) is 4.79 Å². The number of carboxylic acid groups (broad SMARTS) is 1. The molecule has 0 saturated heterocycles. The summed E-state index contributed by atoms with van der Waals surface area (Å²) in [6.07, 6.45) is 0. The number of rotatable bonds is 3. The van der Waals surface area contributed by atoms with E-state index < -0.39 is 5.97 Å². The summed E-state index contributed by atoms with van der Waals surface area (Å²) in [4.78, 5) is 25.8. The number of hydrogen-bond acceptors (Lipinski definition) is 2. The zero-order chi connectivity index (χ0) is 18.3. The van der Waals surface area contributed by atoms with Gasteiger partial charge in [0.25, 0.3) is 0 Å². The van der Waals surface area contributed by atoms with Crippen LogP contribution in [0.4, 0.5) is 5.69 Å². The highest BCUT2D eigenvalue weighted by molar-refractivity contribution is 6.09. The molecule has 0 saturated carbocycles. The molecule has 3 N–H and O–H groups in total. The van der Waals surface area contributed by atoms with E-state index in [1.54, 1.807) is 18.2 Å². The highest BCUT2D eigenvalue weighted by Crippen LogP contribution is 2.31. The van der Waals surface area contributed by atoms with Crippen molar-refractivity contribution >= 4 is 39.4 Å². The molecule has 1 amide bonds. The van der Waals surface area contributed by atoms with E-state index >= 15 is 0 Å². The molecule has 5 nitrogen and oxygen atoms in total. The number of carbonyl (C=O) groups excluding carboxylic acids is 1. The minimum Gasteiger partial charge on any atom is -0.478 e. The largest absolute Gasteiger partial charge is 0.478 e. The van der Waals surface area contributed by atoms with Crippen LogP contribution in [0.2, 0.25) is 0 Å². The van der Waals surface area contributed by atoms with Gasteiger partial charge in [0.1, 0.15) is 0 Å². The minimum atomic E-state index is -0.939. The Labute approximate surface area is 149 Å². The molecule has 1 aromatic heterocycles. The zero-order valence-electron chi connectivity index (χ0n) is 14.0. The third-order valence-corrected chi connectivity index (χ3v) is 4.36. The molecule has 0 bridgehead atoms. The zero-order valence-corrected chi connectivity index (χ0v) is 14.0. The van der Waals surface area contributed by atoms with Crippen molar-refractivity contribution < 1.29 is 14.7 Å². The van der Waals surface area contributed by atoms with Crippen molar-refractivity contribution in [1.29, 1.82) is 0 Å². The molecule has 1 heterocycles. The fourth-order valence-electron chi connectivity index (χ4n) is 3.20. The van der Waals surface area contributed by atoms with E-state index in [9.17, 15) is 14.7 Å². The van der Waals surface area contributed by atoms with E-state index in [-0.39, 0.29) is 11.5 Å². The summed E-state index contributed by atoms with van der Waals surface area (Å²) in [6, 6.07) is 18.6. The molecule has 4 rings (SSSR count). The van der Waals surface area contributed by atoms with Crippen molar-refractivity contribution in [3.63, 3.8) is 0 Å². The van der Waals surface area contributed by atoms with Crippen LogP contribution in [-0.4, -0.2) is 22.0 Å². The highest BCUT2D eigenvalue weighted by atomic mass is 16.4. The second kappa shape index (κ2) is 6.04. The number of H-pyrrole nitrogens is 1. The van der Waals surface area contributed by atoms with Crippen LogP contribution in [0.15, 0.2) is 60.7 Å². The van der Waals surface area contributed by atoms with Crippen molar-refractivity contribution in [3.8, 4) is 11.1 Å². The molecule has 128 valence electrons. The van der Waals surface area contributed by atoms with Crippen LogP contribution in [-0.2, 0) is 4.79 Å². The Morgan fingerprint density at radius 1 is 0.885 bits per heavy atom. The van der Waals surface area contributed by atoms with Gasteiger partial charge in [0, 0.05) is 34.4 Å². The molecule has 0 aliphatic carbocycles. The number of aromatic amines is 1. The number of carboxylic acids is 1. The van der Waals surface area contributed by atoms with Crippen LogP contribution in [0.3, 0.4) is 0 Å². The third-order valence-electron chi connectivity index (χ3n) is 4.36. The van der Waals surface area contributed by atoms with E-state index in [0.29, 0.717) is 0 Å². The number of benzene rings is 3. The normalized spacial score (nSPS) is 11.0. The van der Waals surface area contributed by atoms with Crippen LogP contribution < -0.4 is 5.32 Å². The molecule has 0 radical (unpaired) electrons. The predicted octanol–water partition coefficient (Wildman–Crippen LogP) is 4.64. The Balaban J connectivity index is 1.84. The number of amides is 1. The smallest absolute Gasteiger partial charge is 0.335 e. The Morgan fingerprint density at radius 3 is 2.46 bits per heavy atom. The van der Waals surface area contributed by atoms with Gasteiger partial charge in [0.2, 0.25) is 5.91 Å². The van der Waals surface area contributed by atoms with Crippen molar-refractivity contribution in [3.05, 3.63) is 66.2 Å². The van der Waals surface area contributed by atoms with E-state index in [4.69, 9.17) is 0 Å². The first-order valence-corrected chi connectivity index (χ1v) is 8.18. The average Bonchev–Trinajstić information content (AvgIpc) is 2.98. The Hall–Kier alpha value is -3.60. The van der Waals surface area contributed by atoms with Crippen molar-refractivity contribution in [2.24, 2.45) is 0 Å². The van der Waals surface area contributed by atoms with Crippen molar-refractivity contribution in [2.75, 3.05) is 5.32 Å². The Morgan fingerprint density at radius 2 is 1.69 bits per heavy atom. The van der Waals surface area contributed by atoms with Gasteiger partial charge in [-0.2, -0.15) is 0 Å². The molecule has 5 heteroatoms. The summed E-state index contributed by atoms with van der Waals surface area (Å²) in [5, 5.41) is 14.1. The fourth-order valence-corrected chi connectivity index (χ4v) is 3.20. The van der Waals surface area contributed by atoms with Gasteiger partial charge in [-0.05, 0) is 47.5 Å². The van der Waals surface area contributed by atoms with Gasteiger partial charge in [-0.1, -0.05) is 24.3 Å². The predicted molar refractivity (Wildman–Crippen MR) is 103 cm³/mol. The van der Waals surface area contributed by atoms with E-state index in [1.807, 2.05) is 42.5 Å². The minimum absolute atomic E-state index is 0.110.